The third-order valence-corrected chi connectivity index (χ3v) is 5.57. The van der Waals surface area contributed by atoms with Gasteiger partial charge < -0.3 is 15.0 Å². The maximum atomic E-state index is 12.4. The highest BCUT2D eigenvalue weighted by molar-refractivity contribution is 7.13. The zero-order chi connectivity index (χ0) is 19.3. The third-order valence-electron chi connectivity index (χ3n) is 4.89. The number of hydrogen-bond acceptors (Lipinski definition) is 7. The minimum atomic E-state index is 0.000891. The van der Waals surface area contributed by atoms with Crippen molar-refractivity contribution in [3.8, 4) is 17.0 Å². The van der Waals surface area contributed by atoms with Gasteiger partial charge in [0.2, 0.25) is 5.91 Å². The lowest BCUT2D eigenvalue weighted by Gasteiger charge is -2.31. The van der Waals surface area contributed by atoms with Crippen molar-refractivity contribution in [3.63, 3.8) is 0 Å². The standard InChI is InChI=1S/C20H21N5O2S/c1-27-17-5-3-2-4-15(17)16-6-7-18(24-23-16)25-11-8-14(9-12-25)19(26)22-20-21-10-13-28-20/h2-7,10,13-14H,8-9,11-12H2,1H3,(H,21,22,26). The van der Waals surface area contributed by atoms with Crippen LogP contribution in [0.15, 0.2) is 48.0 Å². The fraction of sp³-hybridized carbons (Fsp3) is 0.300. The first kappa shape index (κ1) is 18.4. The molecule has 3 aromatic rings. The Kier molecular flexibility index (Phi) is 5.48. The summed E-state index contributed by atoms with van der Waals surface area (Å²) in [5.74, 6) is 1.65. The number of ether oxygens (including phenoxy) is 1. The fourth-order valence-corrected chi connectivity index (χ4v) is 3.89. The van der Waals surface area contributed by atoms with Gasteiger partial charge >= 0.3 is 0 Å². The molecule has 0 spiro atoms. The summed E-state index contributed by atoms with van der Waals surface area (Å²) in [5.41, 5.74) is 1.69. The number of hydrogen-bond donors (Lipinski definition) is 1. The van der Waals surface area contributed by atoms with Gasteiger partial charge in [-0.25, -0.2) is 4.98 Å². The van der Waals surface area contributed by atoms with Gasteiger partial charge in [0.05, 0.1) is 12.8 Å². The number of rotatable bonds is 5. The molecule has 144 valence electrons. The molecule has 0 bridgehead atoms. The van der Waals surface area contributed by atoms with Gasteiger partial charge in [-0.1, -0.05) is 12.1 Å². The molecule has 1 amide bonds. The highest BCUT2D eigenvalue weighted by Gasteiger charge is 2.26. The van der Waals surface area contributed by atoms with Crippen LogP contribution in [0.3, 0.4) is 0 Å². The molecule has 3 heterocycles. The predicted molar refractivity (Wildman–Crippen MR) is 110 cm³/mol. The van der Waals surface area contributed by atoms with E-state index in [1.165, 1.54) is 11.3 Å². The lowest BCUT2D eigenvalue weighted by Crippen LogP contribution is -2.38. The number of nitrogens with zero attached hydrogens (tertiary/aromatic N) is 4. The molecule has 1 fully saturated rings. The molecule has 0 atom stereocenters. The largest absolute Gasteiger partial charge is 0.496 e. The number of benzene rings is 1. The summed E-state index contributed by atoms with van der Waals surface area (Å²) in [4.78, 5) is 18.6. The van der Waals surface area contributed by atoms with Crippen LogP contribution < -0.4 is 15.0 Å². The number of piperidine rings is 1. The monoisotopic (exact) mass is 395 g/mol. The van der Waals surface area contributed by atoms with Gasteiger partial charge in [0, 0.05) is 36.1 Å². The Labute approximate surface area is 167 Å². The van der Waals surface area contributed by atoms with Crippen molar-refractivity contribution in [1.82, 2.24) is 15.2 Å². The fourth-order valence-electron chi connectivity index (χ4n) is 3.36. The van der Waals surface area contributed by atoms with Crippen molar-refractivity contribution in [1.29, 1.82) is 0 Å². The van der Waals surface area contributed by atoms with E-state index in [1.807, 2.05) is 41.8 Å². The van der Waals surface area contributed by atoms with Crippen molar-refractivity contribution < 1.29 is 9.53 Å². The summed E-state index contributed by atoms with van der Waals surface area (Å²) in [6, 6.07) is 11.7. The molecule has 0 aliphatic carbocycles. The Morgan fingerprint density at radius 1 is 1.18 bits per heavy atom. The van der Waals surface area contributed by atoms with Crippen LogP contribution in [0.2, 0.25) is 0 Å². The normalized spacial score (nSPS) is 14.7. The summed E-state index contributed by atoms with van der Waals surface area (Å²) in [7, 11) is 1.65. The first-order valence-electron chi connectivity index (χ1n) is 9.17. The van der Waals surface area contributed by atoms with Crippen molar-refractivity contribution >= 4 is 28.2 Å². The Hall–Kier alpha value is -3.00. The van der Waals surface area contributed by atoms with Crippen molar-refractivity contribution in [2.45, 2.75) is 12.8 Å². The minimum Gasteiger partial charge on any atom is -0.496 e. The molecule has 1 aliphatic rings. The van der Waals surface area contributed by atoms with Crippen LogP contribution in [0.25, 0.3) is 11.3 Å². The van der Waals surface area contributed by atoms with Crippen molar-refractivity contribution in [2.24, 2.45) is 5.92 Å². The zero-order valence-corrected chi connectivity index (χ0v) is 16.4. The van der Waals surface area contributed by atoms with E-state index in [0.717, 1.165) is 48.8 Å². The third kappa shape index (κ3) is 3.96. The first-order chi connectivity index (χ1) is 13.7. The highest BCUT2D eigenvalue weighted by Crippen LogP contribution is 2.29. The summed E-state index contributed by atoms with van der Waals surface area (Å²) in [5, 5.41) is 14.2. The summed E-state index contributed by atoms with van der Waals surface area (Å²) >= 11 is 1.43. The maximum Gasteiger partial charge on any atom is 0.229 e. The molecule has 1 aromatic carbocycles. The van der Waals surface area contributed by atoms with Crippen molar-refractivity contribution in [3.05, 3.63) is 48.0 Å². The van der Waals surface area contributed by atoms with Crippen LogP contribution in [-0.4, -0.2) is 41.3 Å². The molecule has 4 rings (SSSR count). The molecule has 8 heteroatoms. The topological polar surface area (TPSA) is 80.2 Å². The molecule has 0 unspecified atom stereocenters. The molecule has 28 heavy (non-hydrogen) atoms. The van der Waals surface area contributed by atoms with E-state index in [4.69, 9.17) is 4.74 Å². The predicted octanol–water partition coefficient (Wildman–Crippen LogP) is 3.46. The van der Waals surface area contributed by atoms with Gasteiger partial charge in [-0.15, -0.1) is 21.5 Å². The van der Waals surface area contributed by atoms with Crippen LogP contribution in [-0.2, 0) is 4.79 Å². The number of thiazole rings is 1. The van der Waals surface area contributed by atoms with E-state index < -0.39 is 0 Å². The Balaban J connectivity index is 1.38. The minimum absolute atomic E-state index is 0.000891. The maximum absolute atomic E-state index is 12.4. The van der Waals surface area contributed by atoms with E-state index >= 15 is 0 Å². The molecular weight excluding hydrogens is 374 g/mol. The van der Waals surface area contributed by atoms with Crippen LogP contribution in [0.5, 0.6) is 5.75 Å². The average molecular weight is 395 g/mol. The number of carbonyl (C=O) groups is 1. The van der Waals surface area contributed by atoms with E-state index in [2.05, 4.69) is 25.4 Å². The first-order valence-corrected chi connectivity index (χ1v) is 10.0. The molecular formula is C20H21N5O2S. The van der Waals surface area contributed by atoms with Crippen LogP contribution in [0.4, 0.5) is 10.9 Å². The van der Waals surface area contributed by atoms with E-state index in [-0.39, 0.29) is 11.8 Å². The molecule has 2 aromatic heterocycles. The molecule has 1 aliphatic heterocycles. The number of nitrogens with one attached hydrogen (secondary N) is 1. The van der Waals surface area contributed by atoms with Gasteiger partial charge in [-0.3, -0.25) is 4.79 Å². The van der Waals surface area contributed by atoms with Crippen LogP contribution in [0, 0.1) is 5.92 Å². The summed E-state index contributed by atoms with van der Waals surface area (Å²) in [6.07, 6.45) is 3.26. The van der Waals surface area contributed by atoms with Crippen LogP contribution >= 0.6 is 11.3 Å². The number of methoxy groups -OCH3 is 1. The average Bonchev–Trinajstić information content (AvgIpc) is 3.27. The second-order valence-electron chi connectivity index (χ2n) is 6.56. The van der Waals surface area contributed by atoms with Gasteiger partial charge in [-0.2, -0.15) is 0 Å². The zero-order valence-electron chi connectivity index (χ0n) is 15.5. The second-order valence-corrected chi connectivity index (χ2v) is 7.46. The summed E-state index contributed by atoms with van der Waals surface area (Å²) < 4.78 is 5.40. The Morgan fingerprint density at radius 2 is 2.00 bits per heavy atom. The number of amides is 1. The Morgan fingerprint density at radius 3 is 2.68 bits per heavy atom. The lowest BCUT2D eigenvalue weighted by atomic mass is 9.96. The van der Waals surface area contributed by atoms with E-state index in [9.17, 15) is 4.79 Å². The lowest BCUT2D eigenvalue weighted by molar-refractivity contribution is -0.120. The molecule has 1 saturated heterocycles. The van der Waals surface area contributed by atoms with E-state index in [0.29, 0.717) is 5.13 Å². The number of para-hydroxylation sites is 1. The highest BCUT2D eigenvalue weighted by atomic mass is 32.1. The number of aromatic nitrogens is 3. The van der Waals surface area contributed by atoms with Crippen molar-refractivity contribution in [2.75, 3.05) is 30.4 Å². The molecule has 7 nitrogen and oxygen atoms in total. The quantitative estimate of drug-likeness (QED) is 0.713. The second kappa shape index (κ2) is 8.35. The van der Waals surface area contributed by atoms with Gasteiger partial charge in [-0.05, 0) is 37.1 Å². The smallest absolute Gasteiger partial charge is 0.229 e. The molecule has 1 N–H and O–H groups in total. The van der Waals surface area contributed by atoms with Gasteiger partial charge in [0.15, 0.2) is 10.9 Å². The van der Waals surface area contributed by atoms with E-state index in [1.54, 1.807) is 13.3 Å². The summed E-state index contributed by atoms with van der Waals surface area (Å²) in [6.45, 7) is 1.55. The van der Waals surface area contributed by atoms with Gasteiger partial charge in [0.1, 0.15) is 5.75 Å². The molecule has 0 radical (unpaired) electrons. The Bertz CT molecular complexity index is 922. The number of anilines is 2. The van der Waals surface area contributed by atoms with Gasteiger partial charge in [0.25, 0.3) is 0 Å². The van der Waals surface area contributed by atoms with Crippen LogP contribution in [0.1, 0.15) is 12.8 Å². The number of carbonyl (C=O) groups excluding carboxylic acids is 1. The SMILES string of the molecule is COc1ccccc1-c1ccc(N2CCC(C(=O)Nc3nccs3)CC2)nn1. The molecule has 0 saturated carbocycles.